The zero-order valence-electron chi connectivity index (χ0n) is 17.6. The van der Waals surface area contributed by atoms with Crippen LogP contribution in [-0.4, -0.2) is 61.8 Å². The molecule has 1 N–H and O–H groups in total. The number of imide groups is 1. The van der Waals surface area contributed by atoms with Crippen LogP contribution in [0.1, 0.15) is 45.2 Å². The average molecular weight is 409 g/mol. The van der Waals surface area contributed by atoms with Gasteiger partial charge in [0.15, 0.2) is 0 Å². The van der Waals surface area contributed by atoms with Gasteiger partial charge in [0.05, 0.1) is 24.3 Å². The van der Waals surface area contributed by atoms with E-state index in [1.54, 1.807) is 31.4 Å². The van der Waals surface area contributed by atoms with Crippen molar-refractivity contribution in [3.63, 3.8) is 0 Å². The van der Waals surface area contributed by atoms with Gasteiger partial charge in [-0.05, 0) is 50.3 Å². The first kappa shape index (κ1) is 21.5. The number of nitrogens with one attached hydrogen (secondary N) is 1. The molecule has 3 rings (SSSR count). The fourth-order valence-electron chi connectivity index (χ4n) is 3.59. The van der Waals surface area contributed by atoms with Gasteiger partial charge in [0.25, 0.3) is 11.8 Å². The highest BCUT2D eigenvalue weighted by Gasteiger charge is 2.34. The predicted octanol–water partition coefficient (Wildman–Crippen LogP) is 2.49. The van der Waals surface area contributed by atoms with E-state index in [2.05, 4.69) is 5.32 Å². The van der Waals surface area contributed by atoms with Crippen molar-refractivity contribution < 1.29 is 19.1 Å². The fraction of sp³-hybridized carbons (Fsp3) is 0.348. The summed E-state index contributed by atoms with van der Waals surface area (Å²) in [5, 5.41) is 2.96. The Bertz CT molecular complexity index is 907. The molecule has 0 unspecified atom stereocenters. The largest absolute Gasteiger partial charge is 0.497 e. The van der Waals surface area contributed by atoms with Crippen LogP contribution in [0.25, 0.3) is 0 Å². The number of hydrogen-bond acceptors (Lipinski definition) is 5. The highest BCUT2D eigenvalue weighted by molar-refractivity contribution is 6.21. The number of benzene rings is 2. The van der Waals surface area contributed by atoms with Crippen molar-refractivity contribution in [1.82, 2.24) is 15.1 Å². The summed E-state index contributed by atoms with van der Waals surface area (Å²) in [5.41, 5.74) is 1.91. The van der Waals surface area contributed by atoms with Gasteiger partial charge in [-0.25, -0.2) is 0 Å². The molecule has 7 heteroatoms. The molecule has 0 aromatic heterocycles. The van der Waals surface area contributed by atoms with Crippen LogP contribution >= 0.6 is 0 Å². The second kappa shape index (κ2) is 9.54. The zero-order valence-corrected chi connectivity index (χ0v) is 17.6. The number of carbonyl (C=O) groups excluding carboxylic acids is 3. The molecule has 0 saturated heterocycles. The minimum atomic E-state index is -0.290. The summed E-state index contributed by atoms with van der Waals surface area (Å²) in [6.07, 6.45) is 0.661. The Morgan fingerprint density at radius 3 is 2.33 bits per heavy atom. The lowest BCUT2D eigenvalue weighted by atomic mass is 10.1. The number of nitrogens with zero attached hydrogens (tertiary/aromatic N) is 2. The number of carbonyl (C=O) groups is 3. The van der Waals surface area contributed by atoms with Crippen LogP contribution in [0.15, 0.2) is 48.5 Å². The van der Waals surface area contributed by atoms with Crippen LogP contribution in [-0.2, 0) is 4.79 Å². The van der Waals surface area contributed by atoms with Crippen LogP contribution in [0, 0.1) is 0 Å². The van der Waals surface area contributed by atoms with E-state index in [1.165, 1.54) is 4.90 Å². The fourth-order valence-corrected chi connectivity index (χ4v) is 3.59. The minimum Gasteiger partial charge on any atom is -0.497 e. The number of fused-ring (bicyclic) bond motifs is 1. The highest BCUT2D eigenvalue weighted by atomic mass is 16.5. The quantitative estimate of drug-likeness (QED) is 0.644. The maximum absolute atomic E-state index is 12.4. The van der Waals surface area contributed by atoms with Gasteiger partial charge in [-0.3, -0.25) is 19.3 Å². The highest BCUT2D eigenvalue weighted by Crippen LogP contribution is 2.23. The Labute approximate surface area is 176 Å². The van der Waals surface area contributed by atoms with Crippen molar-refractivity contribution in [1.29, 1.82) is 0 Å². The van der Waals surface area contributed by atoms with Gasteiger partial charge >= 0.3 is 0 Å². The lowest BCUT2D eigenvalue weighted by Crippen LogP contribution is -2.35. The first-order chi connectivity index (χ1) is 14.4. The van der Waals surface area contributed by atoms with Gasteiger partial charge in [0.2, 0.25) is 5.91 Å². The number of rotatable bonds is 9. The number of methoxy groups -OCH3 is 1. The SMILES string of the molecule is COc1cccc([C@@H](CNC(=O)CCCN2C(=O)c3ccccc3C2=O)N(C)C)c1. The molecule has 1 heterocycles. The Morgan fingerprint density at radius 1 is 1.07 bits per heavy atom. The predicted molar refractivity (Wildman–Crippen MR) is 113 cm³/mol. The summed E-state index contributed by atoms with van der Waals surface area (Å²) in [5.74, 6) is 0.0800. The van der Waals surface area contributed by atoms with E-state index in [4.69, 9.17) is 4.74 Å². The molecule has 30 heavy (non-hydrogen) atoms. The smallest absolute Gasteiger partial charge is 0.261 e. The van der Waals surface area contributed by atoms with Gasteiger partial charge in [0.1, 0.15) is 5.75 Å². The number of likely N-dealkylation sites (N-methyl/N-ethyl adjacent to an activating group) is 1. The monoisotopic (exact) mass is 409 g/mol. The van der Waals surface area contributed by atoms with Crippen molar-refractivity contribution in [3.8, 4) is 5.75 Å². The van der Waals surface area contributed by atoms with Crippen LogP contribution < -0.4 is 10.1 Å². The summed E-state index contributed by atoms with van der Waals surface area (Å²) < 4.78 is 5.29. The van der Waals surface area contributed by atoms with Gasteiger partial charge < -0.3 is 15.0 Å². The standard InChI is InChI=1S/C23H27N3O4/c1-25(2)20(16-8-6-9-17(14-16)30-3)15-24-21(27)12-7-13-26-22(28)18-10-4-5-11-19(18)23(26)29/h4-6,8-11,14,20H,7,12-13,15H2,1-3H3,(H,24,27)/t20-/m1/s1. The molecular weight excluding hydrogens is 382 g/mol. The van der Waals surface area contributed by atoms with E-state index < -0.39 is 0 Å². The molecule has 0 bridgehead atoms. The van der Waals surface area contributed by atoms with Gasteiger partial charge in [-0.1, -0.05) is 24.3 Å². The van der Waals surface area contributed by atoms with Gasteiger partial charge in [0, 0.05) is 19.5 Å². The third kappa shape index (κ3) is 4.68. The summed E-state index contributed by atoms with van der Waals surface area (Å²) in [6, 6.07) is 14.6. The van der Waals surface area contributed by atoms with Crippen LogP contribution in [0.3, 0.4) is 0 Å². The third-order valence-corrected chi connectivity index (χ3v) is 5.26. The second-order valence-electron chi connectivity index (χ2n) is 7.47. The normalized spacial score (nSPS) is 14.1. The van der Waals surface area contributed by atoms with Crippen molar-refractivity contribution >= 4 is 17.7 Å². The molecule has 2 aromatic carbocycles. The summed E-state index contributed by atoms with van der Waals surface area (Å²) in [7, 11) is 5.54. The number of hydrogen-bond donors (Lipinski definition) is 1. The second-order valence-corrected chi connectivity index (χ2v) is 7.47. The molecule has 7 nitrogen and oxygen atoms in total. The van der Waals surface area contributed by atoms with Crippen molar-refractivity contribution in [2.24, 2.45) is 0 Å². The summed E-state index contributed by atoms with van der Waals surface area (Å²) in [4.78, 5) is 40.3. The molecule has 0 aliphatic carbocycles. The van der Waals surface area contributed by atoms with E-state index in [0.717, 1.165) is 11.3 Å². The lowest BCUT2D eigenvalue weighted by Gasteiger charge is -2.25. The van der Waals surface area contributed by atoms with E-state index >= 15 is 0 Å². The van der Waals surface area contributed by atoms with Gasteiger partial charge in [-0.2, -0.15) is 0 Å². The zero-order chi connectivity index (χ0) is 21.7. The first-order valence-electron chi connectivity index (χ1n) is 9.94. The van der Waals surface area contributed by atoms with E-state index in [1.807, 2.05) is 43.3 Å². The summed E-state index contributed by atoms with van der Waals surface area (Å²) in [6.45, 7) is 0.679. The first-order valence-corrected chi connectivity index (χ1v) is 9.94. The van der Waals surface area contributed by atoms with Crippen molar-refractivity contribution in [2.75, 3.05) is 34.3 Å². The Hall–Kier alpha value is -3.19. The Morgan fingerprint density at radius 2 is 1.73 bits per heavy atom. The molecule has 158 valence electrons. The third-order valence-electron chi connectivity index (χ3n) is 5.26. The maximum Gasteiger partial charge on any atom is 0.261 e. The minimum absolute atomic E-state index is 0.000266. The van der Waals surface area contributed by atoms with Crippen molar-refractivity contribution in [2.45, 2.75) is 18.9 Å². The molecule has 3 amide bonds. The lowest BCUT2D eigenvalue weighted by molar-refractivity contribution is -0.121. The molecule has 1 atom stereocenters. The molecule has 0 radical (unpaired) electrons. The number of ether oxygens (including phenoxy) is 1. The van der Waals surface area contributed by atoms with E-state index in [9.17, 15) is 14.4 Å². The molecule has 0 fully saturated rings. The van der Waals surface area contributed by atoms with Crippen LogP contribution in [0.5, 0.6) is 5.75 Å². The molecule has 1 aliphatic heterocycles. The van der Waals surface area contributed by atoms with Crippen LogP contribution in [0.4, 0.5) is 0 Å². The Kier molecular flexibility index (Phi) is 6.84. The average Bonchev–Trinajstić information content (AvgIpc) is 2.99. The van der Waals surface area contributed by atoms with Crippen molar-refractivity contribution in [3.05, 3.63) is 65.2 Å². The molecule has 0 spiro atoms. The number of amides is 3. The Balaban J connectivity index is 1.50. The van der Waals surface area contributed by atoms with Gasteiger partial charge in [-0.15, -0.1) is 0 Å². The maximum atomic E-state index is 12.4. The molecule has 1 aliphatic rings. The van der Waals surface area contributed by atoms with Crippen LogP contribution in [0.2, 0.25) is 0 Å². The molecule has 2 aromatic rings. The topological polar surface area (TPSA) is 79.0 Å². The van der Waals surface area contributed by atoms with E-state index in [-0.39, 0.29) is 36.7 Å². The molecule has 0 saturated carbocycles. The molecular formula is C23H27N3O4. The van der Waals surface area contributed by atoms with E-state index in [0.29, 0.717) is 24.1 Å². The summed E-state index contributed by atoms with van der Waals surface area (Å²) >= 11 is 0.